The lowest BCUT2D eigenvalue weighted by atomic mass is 9.76. The van der Waals surface area contributed by atoms with E-state index < -0.39 is 29.9 Å². The maximum atomic E-state index is 15.1. The van der Waals surface area contributed by atoms with Crippen LogP contribution < -0.4 is 5.32 Å². The van der Waals surface area contributed by atoms with Crippen LogP contribution >= 0.6 is 0 Å². The molecule has 1 N–H and O–H groups in total. The highest BCUT2D eigenvalue weighted by Gasteiger charge is 2.43. The molecule has 0 radical (unpaired) electrons. The van der Waals surface area contributed by atoms with E-state index >= 15 is 8.78 Å². The van der Waals surface area contributed by atoms with Crippen molar-refractivity contribution < 1.29 is 17.6 Å². The lowest BCUT2D eigenvalue weighted by Crippen LogP contribution is -2.38. The van der Waals surface area contributed by atoms with Crippen LogP contribution in [0.2, 0.25) is 0 Å². The van der Waals surface area contributed by atoms with Gasteiger partial charge in [-0.2, -0.15) is 0 Å². The predicted molar refractivity (Wildman–Crippen MR) is 112 cm³/mol. The highest BCUT2D eigenvalue weighted by Crippen LogP contribution is 2.43. The van der Waals surface area contributed by atoms with Gasteiger partial charge in [-0.1, -0.05) is 38.5 Å². The molecule has 4 atom stereocenters. The normalized spacial score (nSPS) is 24.3. The average molecular weight is 410 g/mol. The van der Waals surface area contributed by atoms with Crippen molar-refractivity contribution in [2.24, 2.45) is 5.92 Å². The van der Waals surface area contributed by atoms with E-state index in [1.165, 1.54) is 0 Å². The van der Waals surface area contributed by atoms with Gasteiger partial charge in [0, 0.05) is 13.0 Å². The molecule has 4 unspecified atom stereocenters. The molecule has 0 bridgehead atoms. The number of hydrogen-bond acceptors (Lipinski definition) is 1. The average Bonchev–Trinajstić information content (AvgIpc) is 2.70. The highest BCUT2D eigenvalue weighted by molar-refractivity contribution is 5.73. The van der Waals surface area contributed by atoms with E-state index in [0.29, 0.717) is 18.0 Å². The van der Waals surface area contributed by atoms with Crippen LogP contribution in [0.5, 0.6) is 0 Å². The maximum Gasteiger partial charge on any atom is 0.138 e. The molecular weight excluding hydrogens is 378 g/mol. The molecule has 0 heterocycles. The van der Waals surface area contributed by atoms with Crippen molar-refractivity contribution in [2.75, 3.05) is 7.05 Å². The first-order chi connectivity index (χ1) is 13.8. The van der Waals surface area contributed by atoms with Crippen LogP contribution in [0.25, 0.3) is 5.70 Å². The number of alkyl halides is 2. The first-order valence-electron chi connectivity index (χ1n) is 10.3. The Balaban J connectivity index is 2.61. The first-order valence-corrected chi connectivity index (χ1v) is 10.3. The summed E-state index contributed by atoms with van der Waals surface area (Å²) in [6, 6.07) is 2.29. The fourth-order valence-electron chi connectivity index (χ4n) is 3.76. The Hall–Kier alpha value is -2.04. The van der Waals surface area contributed by atoms with Crippen LogP contribution in [0.1, 0.15) is 64.0 Å². The zero-order valence-electron chi connectivity index (χ0n) is 17.8. The molecule has 0 spiro atoms. The molecular formula is C24H31F4N. The van der Waals surface area contributed by atoms with Crippen LogP contribution in [-0.4, -0.2) is 19.4 Å². The van der Waals surface area contributed by atoms with E-state index in [9.17, 15) is 8.78 Å². The van der Waals surface area contributed by atoms with Gasteiger partial charge < -0.3 is 5.32 Å². The summed E-state index contributed by atoms with van der Waals surface area (Å²) in [5, 5.41) is 2.99. The van der Waals surface area contributed by atoms with E-state index in [1.807, 2.05) is 32.1 Å². The van der Waals surface area contributed by atoms with E-state index in [-0.39, 0.29) is 17.5 Å². The summed E-state index contributed by atoms with van der Waals surface area (Å²) in [6.07, 6.45) is 4.00. The van der Waals surface area contributed by atoms with Crippen molar-refractivity contribution in [1.29, 1.82) is 0 Å². The Morgan fingerprint density at radius 3 is 2.24 bits per heavy atom. The molecule has 0 amide bonds. The number of rotatable bonds is 8. The summed E-state index contributed by atoms with van der Waals surface area (Å²) in [5.41, 5.74) is 2.10. The molecule has 1 aromatic carbocycles. The summed E-state index contributed by atoms with van der Waals surface area (Å²) in [6.45, 7) is 7.95. The third-order valence-corrected chi connectivity index (χ3v) is 5.76. The minimum absolute atomic E-state index is 0.0442. The topological polar surface area (TPSA) is 12.0 Å². The lowest BCUT2D eigenvalue weighted by molar-refractivity contribution is 0.0425. The van der Waals surface area contributed by atoms with Gasteiger partial charge in [0.15, 0.2) is 0 Å². The summed E-state index contributed by atoms with van der Waals surface area (Å²) < 4.78 is 57.0. The molecule has 160 valence electrons. The summed E-state index contributed by atoms with van der Waals surface area (Å²) in [4.78, 5) is 0. The van der Waals surface area contributed by atoms with Crippen molar-refractivity contribution in [3.63, 3.8) is 0 Å². The Morgan fingerprint density at radius 1 is 1.21 bits per heavy atom. The van der Waals surface area contributed by atoms with Gasteiger partial charge in [0.05, 0.1) is 11.3 Å². The highest BCUT2D eigenvalue weighted by atomic mass is 19.2. The largest absolute Gasteiger partial charge is 0.387 e. The van der Waals surface area contributed by atoms with Gasteiger partial charge in [-0.3, -0.25) is 0 Å². The van der Waals surface area contributed by atoms with Gasteiger partial charge in [0.2, 0.25) is 0 Å². The molecule has 1 saturated carbocycles. The summed E-state index contributed by atoms with van der Waals surface area (Å²) >= 11 is 0. The minimum Gasteiger partial charge on any atom is -0.387 e. The van der Waals surface area contributed by atoms with Gasteiger partial charge in [0.25, 0.3) is 0 Å². The molecule has 29 heavy (non-hydrogen) atoms. The van der Waals surface area contributed by atoms with Gasteiger partial charge >= 0.3 is 0 Å². The van der Waals surface area contributed by atoms with Crippen LogP contribution in [-0.2, 0) is 0 Å². The maximum absolute atomic E-state index is 15.1. The molecule has 5 heteroatoms. The second-order valence-corrected chi connectivity index (χ2v) is 7.73. The second-order valence-electron chi connectivity index (χ2n) is 7.73. The monoisotopic (exact) mass is 409 g/mol. The van der Waals surface area contributed by atoms with E-state index in [4.69, 9.17) is 0 Å². The van der Waals surface area contributed by atoms with Gasteiger partial charge in [0.1, 0.15) is 24.0 Å². The summed E-state index contributed by atoms with van der Waals surface area (Å²) in [5.74, 6) is -2.01. The van der Waals surface area contributed by atoms with Gasteiger partial charge in [-0.25, -0.2) is 17.6 Å². The standard InChI is InChI=1S/C24H31F4N/c1-6-9-15(8-3)18(10-14(4)7-2)24(29-5)22-19(25)11-16(12-20(22)26)17-13-21(27)23(17)28/h6,8-9,11-12,14,17,21,23,29H,7,10,13H2,1-5H3/b9-6-,15-8+,24-18+. The first kappa shape index (κ1) is 23.2. The van der Waals surface area contributed by atoms with E-state index in [0.717, 1.165) is 29.7 Å². The zero-order chi connectivity index (χ0) is 21.7. The van der Waals surface area contributed by atoms with Crippen molar-refractivity contribution >= 4 is 5.70 Å². The number of nitrogens with one attached hydrogen (secondary N) is 1. The Labute approximate surface area is 171 Å². The van der Waals surface area contributed by atoms with Crippen molar-refractivity contribution in [2.45, 2.75) is 65.2 Å². The molecule has 1 fully saturated rings. The van der Waals surface area contributed by atoms with Crippen LogP contribution in [0.15, 0.2) is 41.5 Å². The Bertz CT molecular complexity index is 786. The fraction of sp³-hybridized carbons (Fsp3) is 0.500. The van der Waals surface area contributed by atoms with Crippen molar-refractivity contribution in [3.8, 4) is 0 Å². The Morgan fingerprint density at radius 2 is 1.83 bits per heavy atom. The molecule has 0 aromatic heterocycles. The van der Waals surface area contributed by atoms with Crippen molar-refractivity contribution in [3.05, 3.63) is 64.3 Å². The number of hydrogen-bond donors (Lipinski definition) is 1. The third kappa shape index (κ3) is 4.93. The van der Waals surface area contributed by atoms with Crippen molar-refractivity contribution in [1.82, 2.24) is 5.32 Å². The number of allylic oxidation sites excluding steroid dienone is 5. The molecule has 0 saturated heterocycles. The quantitative estimate of drug-likeness (QED) is 0.359. The predicted octanol–water partition coefficient (Wildman–Crippen LogP) is 7.02. The van der Waals surface area contributed by atoms with Crippen LogP contribution in [0.4, 0.5) is 17.6 Å². The fourth-order valence-corrected chi connectivity index (χ4v) is 3.76. The molecule has 1 aliphatic carbocycles. The second kappa shape index (κ2) is 10.1. The smallest absolute Gasteiger partial charge is 0.138 e. The Kier molecular flexibility index (Phi) is 8.12. The number of halogens is 4. The SMILES string of the molecule is C\C=C/C(=C\C)C(/CC(C)CC)=C(/NC)c1c(F)cc(C2CC(F)C2F)cc1F. The zero-order valence-corrected chi connectivity index (χ0v) is 17.8. The van der Waals surface area contributed by atoms with Gasteiger partial charge in [-0.15, -0.1) is 0 Å². The molecule has 1 aromatic rings. The van der Waals surface area contributed by atoms with E-state index in [2.05, 4.69) is 19.2 Å². The molecule has 2 rings (SSSR count). The molecule has 1 aliphatic rings. The number of benzene rings is 1. The third-order valence-electron chi connectivity index (χ3n) is 5.76. The van der Waals surface area contributed by atoms with E-state index in [1.54, 1.807) is 7.05 Å². The van der Waals surface area contributed by atoms with Crippen LogP contribution in [0.3, 0.4) is 0 Å². The summed E-state index contributed by atoms with van der Waals surface area (Å²) in [7, 11) is 1.64. The van der Waals surface area contributed by atoms with Crippen LogP contribution in [0, 0.1) is 17.6 Å². The van der Waals surface area contributed by atoms with Gasteiger partial charge in [-0.05, 0) is 61.4 Å². The lowest BCUT2D eigenvalue weighted by Gasteiger charge is -2.34. The molecule has 0 aliphatic heterocycles. The molecule has 1 nitrogen and oxygen atoms in total. The minimum atomic E-state index is -1.70.